The number of hydrogen-bond donors (Lipinski definition) is 1. The predicted molar refractivity (Wildman–Crippen MR) is 151 cm³/mol. The van der Waals surface area contributed by atoms with Crippen LogP contribution in [0.3, 0.4) is 0 Å². The second kappa shape index (κ2) is 11.7. The van der Waals surface area contributed by atoms with Gasteiger partial charge >= 0.3 is 5.97 Å². The molecule has 0 radical (unpaired) electrons. The molecule has 1 saturated heterocycles. The molecule has 1 N–H and O–H groups in total. The van der Waals surface area contributed by atoms with E-state index >= 15 is 0 Å². The number of rotatable bonds is 8. The molecular formula is C32H34N2O6. The maximum absolute atomic E-state index is 13.4. The number of nitrogens with zero attached hydrogens (tertiary/aromatic N) is 2. The van der Waals surface area contributed by atoms with Gasteiger partial charge in [0.25, 0.3) is 11.7 Å². The summed E-state index contributed by atoms with van der Waals surface area (Å²) in [5.41, 5.74) is 2.48. The Hall–Kier alpha value is -4.46. The molecule has 208 valence electrons. The number of Topliss-reactive ketones (excluding diaryl/α,β-unsaturated/α-hetero) is 1. The van der Waals surface area contributed by atoms with Crippen molar-refractivity contribution in [1.82, 2.24) is 9.88 Å². The number of aliphatic hydroxyl groups is 1. The van der Waals surface area contributed by atoms with Crippen LogP contribution in [0.25, 0.3) is 5.76 Å². The lowest BCUT2D eigenvalue weighted by Gasteiger charge is -2.25. The molecule has 1 aliphatic rings. The lowest BCUT2D eigenvalue weighted by molar-refractivity contribution is -0.140. The Labute approximate surface area is 234 Å². The van der Waals surface area contributed by atoms with Crippen molar-refractivity contribution in [3.05, 3.63) is 100 Å². The molecule has 1 fully saturated rings. The minimum atomic E-state index is -0.907. The third-order valence-electron chi connectivity index (χ3n) is 6.69. The monoisotopic (exact) mass is 542 g/mol. The first kappa shape index (κ1) is 28.5. The standard InChI is InChI=1S/C32H34N2O6/c1-6-39-25-16-15-22(18-23(25)32(3,4)5)28(35)26-27(24-10-8-9-17-33-24)34(30(37)29(26)36)19-20-11-13-21(14-12-20)31(38)40-7-2/h8-18,27,35H,6-7,19H2,1-5H3/b28-26-. The van der Waals surface area contributed by atoms with Crippen LogP contribution in [0.15, 0.2) is 72.4 Å². The van der Waals surface area contributed by atoms with Crippen molar-refractivity contribution in [2.24, 2.45) is 0 Å². The molecule has 0 aliphatic carbocycles. The Morgan fingerprint density at radius 2 is 1.68 bits per heavy atom. The SMILES string of the molecule is CCOC(=O)c1ccc(CN2C(=O)C(=O)/C(=C(\O)c3ccc(OCC)c(C(C)(C)C)c3)C2c2ccccn2)cc1. The summed E-state index contributed by atoms with van der Waals surface area (Å²) in [6.45, 7) is 10.6. The highest BCUT2D eigenvalue weighted by Gasteiger charge is 2.46. The first-order chi connectivity index (χ1) is 19.1. The van der Waals surface area contributed by atoms with Gasteiger partial charge in [0.15, 0.2) is 0 Å². The van der Waals surface area contributed by atoms with Gasteiger partial charge in [0, 0.05) is 23.9 Å². The van der Waals surface area contributed by atoms with Gasteiger partial charge in [0.2, 0.25) is 0 Å². The van der Waals surface area contributed by atoms with Crippen LogP contribution in [0, 0.1) is 0 Å². The number of ketones is 1. The molecule has 2 aromatic carbocycles. The number of esters is 1. The van der Waals surface area contributed by atoms with E-state index in [1.165, 1.54) is 4.90 Å². The highest BCUT2D eigenvalue weighted by molar-refractivity contribution is 6.46. The van der Waals surface area contributed by atoms with Crippen LogP contribution in [0.1, 0.15) is 73.4 Å². The van der Waals surface area contributed by atoms with Crippen molar-refractivity contribution in [1.29, 1.82) is 0 Å². The van der Waals surface area contributed by atoms with E-state index in [1.807, 2.05) is 27.7 Å². The largest absolute Gasteiger partial charge is 0.507 e. The first-order valence-corrected chi connectivity index (χ1v) is 13.3. The zero-order chi connectivity index (χ0) is 29.0. The Morgan fingerprint density at radius 1 is 0.975 bits per heavy atom. The van der Waals surface area contributed by atoms with Crippen LogP contribution in [0.5, 0.6) is 5.75 Å². The van der Waals surface area contributed by atoms with Gasteiger partial charge in [0.05, 0.1) is 30.0 Å². The number of carbonyl (C=O) groups is 3. The third kappa shape index (κ3) is 5.76. The van der Waals surface area contributed by atoms with E-state index in [1.54, 1.807) is 73.8 Å². The predicted octanol–water partition coefficient (Wildman–Crippen LogP) is 5.58. The summed E-state index contributed by atoms with van der Waals surface area (Å²) in [5.74, 6) is -1.55. The van der Waals surface area contributed by atoms with Gasteiger partial charge in [-0.05, 0) is 67.3 Å². The van der Waals surface area contributed by atoms with E-state index in [0.717, 1.165) is 5.56 Å². The Bertz CT molecular complexity index is 1440. The summed E-state index contributed by atoms with van der Waals surface area (Å²) in [6, 6.07) is 16.2. The lowest BCUT2D eigenvalue weighted by atomic mass is 9.84. The minimum Gasteiger partial charge on any atom is -0.507 e. The molecule has 1 atom stereocenters. The topological polar surface area (TPSA) is 106 Å². The number of ether oxygens (including phenoxy) is 2. The highest BCUT2D eigenvalue weighted by atomic mass is 16.5. The maximum atomic E-state index is 13.4. The van der Waals surface area contributed by atoms with E-state index in [9.17, 15) is 19.5 Å². The quantitative estimate of drug-likeness (QED) is 0.172. The summed E-state index contributed by atoms with van der Waals surface area (Å²) in [5, 5.41) is 11.5. The molecule has 1 aliphatic heterocycles. The van der Waals surface area contributed by atoms with Crippen LogP contribution < -0.4 is 4.74 Å². The van der Waals surface area contributed by atoms with E-state index in [4.69, 9.17) is 9.47 Å². The number of pyridine rings is 1. The molecule has 1 amide bonds. The van der Waals surface area contributed by atoms with Crippen molar-refractivity contribution in [2.75, 3.05) is 13.2 Å². The summed E-state index contributed by atoms with van der Waals surface area (Å²) in [6.07, 6.45) is 1.58. The van der Waals surface area contributed by atoms with E-state index < -0.39 is 23.7 Å². The van der Waals surface area contributed by atoms with Crippen molar-refractivity contribution in [3.8, 4) is 5.75 Å². The molecule has 2 heterocycles. The Balaban J connectivity index is 1.79. The number of amides is 1. The van der Waals surface area contributed by atoms with Gasteiger partial charge in [-0.15, -0.1) is 0 Å². The zero-order valence-electron chi connectivity index (χ0n) is 23.4. The van der Waals surface area contributed by atoms with E-state index in [0.29, 0.717) is 34.7 Å². The van der Waals surface area contributed by atoms with E-state index in [2.05, 4.69) is 4.98 Å². The summed E-state index contributed by atoms with van der Waals surface area (Å²) < 4.78 is 10.8. The number of carbonyl (C=O) groups excluding carboxylic acids is 3. The van der Waals surface area contributed by atoms with E-state index in [-0.39, 0.29) is 29.9 Å². The van der Waals surface area contributed by atoms with Gasteiger partial charge in [-0.2, -0.15) is 0 Å². The molecule has 1 unspecified atom stereocenters. The second-order valence-electron chi connectivity index (χ2n) is 10.5. The minimum absolute atomic E-state index is 0.0316. The highest BCUT2D eigenvalue weighted by Crippen LogP contribution is 2.41. The number of aromatic nitrogens is 1. The third-order valence-corrected chi connectivity index (χ3v) is 6.69. The molecule has 0 spiro atoms. The fourth-order valence-electron chi connectivity index (χ4n) is 4.75. The average Bonchev–Trinajstić information content (AvgIpc) is 3.18. The van der Waals surface area contributed by atoms with Crippen LogP contribution in [0.2, 0.25) is 0 Å². The first-order valence-electron chi connectivity index (χ1n) is 13.3. The second-order valence-corrected chi connectivity index (χ2v) is 10.5. The van der Waals surface area contributed by atoms with Crippen molar-refractivity contribution < 1.29 is 29.0 Å². The summed E-state index contributed by atoms with van der Waals surface area (Å²) in [7, 11) is 0. The van der Waals surface area contributed by atoms with Crippen LogP contribution in [0.4, 0.5) is 0 Å². The molecular weight excluding hydrogens is 508 g/mol. The smallest absolute Gasteiger partial charge is 0.338 e. The molecule has 4 rings (SSSR count). The van der Waals surface area contributed by atoms with Gasteiger partial charge in [-0.3, -0.25) is 14.6 Å². The van der Waals surface area contributed by atoms with Gasteiger partial charge in [-0.1, -0.05) is 39.0 Å². The lowest BCUT2D eigenvalue weighted by Crippen LogP contribution is -2.29. The van der Waals surface area contributed by atoms with Gasteiger partial charge < -0.3 is 19.5 Å². The molecule has 3 aromatic rings. The van der Waals surface area contributed by atoms with Crippen LogP contribution in [-0.4, -0.2) is 45.9 Å². The normalized spacial score (nSPS) is 16.7. The van der Waals surface area contributed by atoms with Gasteiger partial charge in [0.1, 0.15) is 17.6 Å². The zero-order valence-corrected chi connectivity index (χ0v) is 23.4. The number of aliphatic hydroxyl groups excluding tert-OH is 1. The average molecular weight is 543 g/mol. The Morgan fingerprint density at radius 3 is 2.27 bits per heavy atom. The van der Waals surface area contributed by atoms with Crippen LogP contribution >= 0.6 is 0 Å². The number of benzene rings is 2. The molecule has 0 saturated carbocycles. The molecule has 8 nitrogen and oxygen atoms in total. The Kier molecular flexibility index (Phi) is 8.38. The number of hydrogen-bond acceptors (Lipinski definition) is 7. The summed E-state index contributed by atoms with van der Waals surface area (Å²) in [4.78, 5) is 44.7. The maximum Gasteiger partial charge on any atom is 0.338 e. The van der Waals surface area contributed by atoms with Crippen LogP contribution in [-0.2, 0) is 26.3 Å². The van der Waals surface area contributed by atoms with Crippen molar-refractivity contribution in [2.45, 2.75) is 52.6 Å². The molecule has 40 heavy (non-hydrogen) atoms. The fourth-order valence-corrected chi connectivity index (χ4v) is 4.75. The number of likely N-dealkylation sites (tertiary alicyclic amines) is 1. The fraction of sp³-hybridized carbons (Fsp3) is 0.312. The molecule has 0 bridgehead atoms. The molecule has 1 aromatic heterocycles. The summed E-state index contributed by atoms with van der Waals surface area (Å²) >= 11 is 0. The van der Waals surface area contributed by atoms with Gasteiger partial charge in [-0.25, -0.2) is 4.79 Å². The molecule has 8 heteroatoms. The van der Waals surface area contributed by atoms with Crippen molar-refractivity contribution >= 4 is 23.4 Å². The van der Waals surface area contributed by atoms with Crippen molar-refractivity contribution in [3.63, 3.8) is 0 Å².